The van der Waals surface area contributed by atoms with E-state index in [1.807, 2.05) is 0 Å². The zero-order valence-corrected chi connectivity index (χ0v) is 7.82. The summed E-state index contributed by atoms with van der Waals surface area (Å²) in [6, 6.07) is 4.70. The second kappa shape index (κ2) is 4.33. The highest BCUT2D eigenvalue weighted by atomic mass is 16.3. The monoisotopic (exact) mass is 189 g/mol. The van der Waals surface area contributed by atoms with Crippen LogP contribution in [0.1, 0.15) is 24.1 Å². The summed E-state index contributed by atoms with van der Waals surface area (Å²) in [5, 5.41) is 12.1. The van der Waals surface area contributed by atoms with Crippen molar-refractivity contribution in [3.05, 3.63) is 29.3 Å². The van der Waals surface area contributed by atoms with Gasteiger partial charge >= 0.3 is 0 Å². The summed E-state index contributed by atoms with van der Waals surface area (Å²) in [5.41, 5.74) is 1.26. The maximum Gasteiger partial charge on any atom is 0.207 e. The van der Waals surface area contributed by atoms with Crippen molar-refractivity contribution in [2.45, 2.75) is 13.0 Å². The van der Waals surface area contributed by atoms with Crippen LogP contribution < -0.4 is 5.32 Å². The molecular weight excluding hydrogens is 178 g/mol. The Morgan fingerprint density at radius 2 is 2.36 bits per heavy atom. The molecule has 2 N–H and O–H groups in total. The largest absolute Gasteiger partial charge is 0.508 e. The Labute approximate surface area is 82.8 Å². The van der Waals surface area contributed by atoms with Crippen LogP contribution in [0.5, 0.6) is 5.75 Å². The topological polar surface area (TPSA) is 49.3 Å². The highest BCUT2D eigenvalue weighted by Gasteiger charge is 2.08. The molecule has 14 heavy (non-hydrogen) atoms. The van der Waals surface area contributed by atoms with E-state index in [9.17, 15) is 9.90 Å². The molecule has 1 amide bonds. The normalized spacial score (nSPS) is 11.4. The molecule has 0 fully saturated rings. The first kappa shape index (κ1) is 10.1. The zero-order valence-electron chi connectivity index (χ0n) is 7.82. The molecular formula is C11H11NO2. The average Bonchev–Trinajstić information content (AvgIpc) is 2.17. The van der Waals surface area contributed by atoms with Crippen molar-refractivity contribution in [1.82, 2.24) is 5.32 Å². The molecule has 1 rings (SSSR count). The standard InChI is InChI=1S/C11H11NO2/c1-3-9-4-5-10(11(14)6-9)8(2)12-7-13/h1,4-8,14H,2H3,(H,12,13)/t8-/m0/s1. The maximum atomic E-state index is 10.2. The third-order valence-corrected chi connectivity index (χ3v) is 1.98. The van der Waals surface area contributed by atoms with E-state index in [2.05, 4.69) is 11.2 Å². The first-order chi connectivity index (χ1) is 6.69. The lowest BCUT2D eigenvalue weighted by Crippen LogP contribution is -2.16. The molecule has 1 atom stereocenters. The Morgan fingerprint density at radius 3 is 2.86 bits per heavy atom. The molecule has 0 bridgehead atoms. The molecule has 0 unspecified atom stereocenters. The predicted molar refractivity (Wildman–Crippen MR) is 53.7 cm³/mol. The number of aromatic hydroxyl groups is 1. The van der Waals surface area contributed by atoms with Gasteiger partial charge in [-0.2, -0.15) is 0 Å². The van der Waals surface area contributed by atoms with Crippen LogP contribution in [0.3, 0.4) is 0 Å². The Morgan fingerprint density at radius 1 is 1.64 bits per heavy atom. The third kappa shape index (κ3) is 2.05. The predicted octanol–water partition coefficient (Wildman–Crippen LogP) is 1.18. The molecule has 0 heterocycles. The van der Waals surface area contributed by atoms with Crippen molar-refractivity contribution in [3.63, 3.8) is 0 Å². The van der Waals surface area contributed by atoms with E-state index < -0.39 is 0 Å². The number of carbonyl (C=O) groups excluding carboxylic acids is 1. The van der Waals surface area contributed by atoms with Gasteiger partial charge in [0.15, 0.2) is 0 Å². The van der Waals surface area contributed by atoms with Gasteiger partial charge in [0, 0.05) is 11.1 Å². The van der Waals surface area contributed by atoms with Crippen LogP contribution in [-0.4, -0.2) is 11.5 Å². The summed E-state index contributed by atoms with van der Waals surface area (Å²) in [6.07, 6.45) is 5.77. The molecule has 0 saturated carbocycles. The Hall–Kier alpha value is -1.95. The van der Waals surface area contributed by atoms with Crippen LogP contribution in [0.4, 0.5) is 0 Å². The van der Waals surface area contributed by atoms with Gasteiger partial charge < -0.3 is 10.4 Å². The number of hydrogen-bond acceptors (Lipinski definition) is 2. The molecule has 1 aromatic carbocycles. The lowest BCUT2D eigenvalue weighted by Gasteiger charge is -2.12. The summed E-state index contributed by atoms with van der Waals surface area (Å²) in [6.45, 7) is 1.78. The van der Waals surface area contributed by atoms with Crippen LogP contribution in [0, 0.1) is 12.3 Å². The van der Waals surface area contributed by atoms with Gasteiger partial charge in [-0.3, -0.25) is 4.79 Å². The number of amides is 1. The molecule has 0 radical (unpaired) electrons. The maximum absolute atomic E-state index is 10.2. The van der Waals surface area contributed by atoms with Gasteiger partial charge in [0.2, 0.25) is 6.41 Å². The SMILES string of the molecule is C#Cc1ccc([C@H](C)NC=O)c(O)c1. The average molecular weight is 189 g/mol. The van der Waals surface area contributed by atoms with E-state index >= 15 is 0 Å². The van der Waals surface area contributed by atoms with Gasteiger partial charge in [-0.15, -0.1) is 6.42 Å². The number of phenolic OH excluding ortho intramolecular Hbond substituents is 1. The van der Waals surface area contributed by atoms with Crippen molar-refractivity contribution in [3.8, 4) is 18.1 Å². The molecule has 0 aliphatic rings. The van der Waals surface area contributed by atoms with Crippen molar-refractivity contribution >= 4 is 6.41 Å². The first-order valence-corrected chi connectivity index (χ1v) is 4.18. The van der Waals surface area contributed by atoms with E-state index in [1.165, 1.54) is 6.07 Å². The van der Waals surface area contributed by atoms with Crippen LogP contribution in [0.25, 0.3) is 0 Å². The number of phenols is 1. The number of hydrogen-bond donors (Lipinski definition) is 2. The van der Waals surface area contributed by atoms with Crippen LogP contribution in [0.15, 0.2) is 18.2 Å². The summed E-state index contributed by atoms with van der Waals surface area (Å²) < 4.78 is 0. The van der Waals surface area contributed by atoms with Crippen LogP contribution >= 0.6 is 0 Å². The fourth-order valence-electron chi connectivity index (χ4n) is 1.19. The quantitative estimate of drug-likeness (QED) is 0.554. The molecule has 0 spiro atoms. The zero-order chi connectivity index (χ0) is 10.6. The summed E-state index contributed by atoms with van der Waals surface area (Å²) in [5.74, 6) is 2.52. The highest BCUT2D eigenvalue weighted by Crippen LogP contribution is 2.24. The van der Waals surface area contributed by atoms with E-state index in [0.717, 1.165) is 0 Å². The Balaban J connectivity index is 3.00. The minimum Gasteiger partial charge on any atom is -0.508 e. The summed E-state index contributed by atoms with van der Waals surface area (Å²) >= 11 is 0. The van der Waals surface area contributed by atoms with Crippen molar-refractivity contribution in [2.75, 3.05) is 0 Å². The van der Waals surface area contributed by atoms with E-state index in [-0.39, 0.29) is 11.8 Å². The molecule has 3 heteroatoms. The minimum atomic E-state index is -0.223. The Kier molecular flexibility index (Phi) is 3.14. The summed E-state index contributed by atoms with van der Waals surface area (Å²) in [7, 11) is 0. The number of nitrogens with one attached hydrogen (secondary N) is 1. The van der Waals surface area contributed by atoms with E-state index in [4.69, 9.17) is 6.42 Å². The van der Waals surface area contributed by atoms with E-state index in [0.29, 0.717) is 17.5 Å². The minimum absolute atomic E-state index is 0.0994. The second-order valence-electron chi connectivity index (χ2n) is 2.92. The molecule has 0 saturated heterocycles. The van der Waals surface area contributed by atoms with Gasteiger partial charge in [0.05, 0.1) is 6.04 Å². The number of rotatable bonds is 3. The van der Waals surface area contributed by atoms with Gasteiger partial charge in [-0.25, -0.2) is 0 Å². The molecule has 72 valence electrons. The fourth-order valence-corrected chi connectivity index (χ4v) is 1.19. The molecule has 1 aromatic rings. The van der Waals surface area contributed by atoms with Gasteiger partial charge in [-0.1, -0.05) is 12.0 Å². The van der Waals surface area contributed by atoms with Gasteiger partial charge in [0.25, 0.3) is 0 Å². The van der Waals surface area contributed by atoms with Crippen molar-refractivity contribution in [1.29, 1.82) is 0 Å². The van der Waals surface area contributed by atoms with Crippen LogP contribution in [-0.2, 0) is 4.79 Å². The summed E-state index contributed by atoms with van der Waals surface area (Å²) in [4.78, 5) is 10.2. The van der Waals surface area contributed by atoms with Gasteiger partial charge in [-0.05, 0) is 19.1 Å². The van der Waals surface area contributed by atoms with E-state index in [1.54, 1.807) is 19.1 Å². The smallest absolute Gasteiger partial charge is 0.207 e. The molecule has 3 nitrogen and oxygen atoms in total. The van der Waals surface area contributed by atoms with Crippen molar-refractivity contribution < 1.29 is 9.90 Å². The van der Waals surface area contributed by atoms with Gasteiger partial charge in [0.1, 0.15) is 5.75 Å². The third-order valence-electron chi connectivity index (χ3n) is 1.98. The lowest BCUT2D eigenvalue weighted by molar-refractivity contribution is -0.110. The lowest BCUT2D eigenvalue weighted by atomic mass is 10.1. The Bertz CT molecular complexity index is 379. The number of carbonyl (C=O) groups is 1. The van der Waals surface area contributed by atoms with Crippen LogP contribution in [0.2, 0.25) is 0 Å². The molecule has 0 aromatic heterocycles. The van der Waals surface area contributed by atoms with Crippen molar-refractivity contribution in [2.24, 2.45) is 0 Å². The molecule has 0 aliphatic heterocycles. The first-order valence-electron chi connectivity index (χ1n) is 4.18. The number of benzene rings is 1. The highest BCUT2D eigenvalue weighted by molar-refractivity contribution is 5.50. The second-order valence-corrected chi connectivity index (χ2v) is 2.92. The fraction of sp³-hybridized carbons (Fsp3) is 0.182. The number of terminal acetylenes is 1. The molecule has 0 aliphatic carbocycles.